The van der Waals surface area contributed by atoms with Crippen molar-refractivity contribution in [1.29, 1.82) is 0 Å². The van der Waals surface area contributed by atoms with E-state index >= 15 is 0 Å². The lowest BCUT2D eigenvalue weighted by Gasteiger charge is -2.11. The fourth-order valence-electron chi connectivity index (χ4n) is 2.58. The van der Waals surface area contributed by atoms with E-state index in [1.54, 1.807) is 48.5 Å². The summed E-state index contributed by atoms with van der Waals surface area (Å²) in [5.41, 5.74) is 0.721. The van der Waals surface area contributed by atoms with E-state index < -0.39 is 13.3 Å². The highest BCUT2D eigenvalue weighted by molar-refractivity contribution is 6.36. The predicted octanol–water partition coefficient (Wildman–Crippen LogP) is 6.21. The van der Waals surface area contributed by atoms with Gasteiger partial charge in [0.05, 0.1) is 13.2 Å². The molecule has 0 aliphatic carbocycles. The topological polar surface area (TPSA) is 44.8 Å². The molecule has 0 radical (unpaired) electrons. The van der Waals surface area contributed by atoms with Crippen LogP contribution in [0.4, 0.5) is 8.63 Å². The van der Waals surface area contributed by atoms with Crippen LogP contribution >= 0.6 is 0 Å². The fraction of sp³-hybridized carbons (Fsp3) is 0.348. The third-order valence-electron chi connectivity index (χ3n) is 4.29. The van der Waals surface area contributed by atoms with Crippen molar-refractivity contribution in [3.63, 3.8) is 0 Å². The van der Waals surface area contributed by atoms with Gasteiger partial charge in [0.2, 0.25) is 0 Å². The van der Waals surface area contributed by atoms with Gasteiger partial charge in [-0.05, 0) is 61.4 Å². The number of hydrogen-bond donors (Lipinski definition) is 0. The second kappa shape index (κ2) is 12.7. The van der Waals surface area contributed by atoms with Crippen molar-refractivity contribution in [3.05, 3.63) is 65.7 Å². The van der Waals surface area contributed by atoms with Crippen molar-refractivity contribution in [2.24, 2.45) is 0 Å². The van der Waals surface area contributed by atoms with Gasteiger partial charge >= 0.3 is 7.47 Å². The van der Waals surface area contributed by atoms with Crippen LogP contribution < -0.4 is 9.47 Å². The number of hydrogen-bond acceptors (Lipinski definition) is 4. The highest BCUT2D eigenvalue weighted by Crippen LogP contribution is 2.23. The molecule has 160 valence electrons. The Morgan fingerprint density at radius 1 is 0.833 bits per heavy atom. The molecule has 2 aromatic carbocycles. The average Bonchev–Trinajstić information content (AvgIpc) is 2.74. The van der Waals surface area contributed by atoms with Gasteiger partial charge in [0.15, 0.2) is 5.78 Å². The van der Waals surface area contributed by atoms with Crippen molar-refractivity contribution in [2.75, 3.05) is 13.2 Å². The van der Waals surface area contributed by atoms with E-state index in [0.29, 0.717) is 35.8 Å². The largest absolute Gasteiger partial charge is 0.796 e. The number of carbonyl (C=O) groups excluding carboxylic acids is 1. The molecule has 0 unspecified atom stereocenters. The first-order valence-corrected chi connectivity index (χ1v) is 10.2. The Labute approximate surface area is 177 Å². The van der Waals surface area contributed by atoms with Gasteiger partial charge in [0.1, 0.15) is 17.3 Å². The van der Waals surface area contributed by atoms with E-state index in [1.807, 2.05) is 0 Å². The summed E-state index contributed by atoms with van der Waals surface area (Å²) >= 11 is 0. The van der Waals surface area contributed by atoms with Crippen LogP contribution in [0, 0.1) is 0 Å². The fourth-order valence-corrected chi connectivity index (χ4v) is 2.58. The van der Waals surface area contributed by atoms with Crippen LogP contribution in [0.5, 0.6) is 11.5 Å². The standard InChI is InChI=1S/C23H27BF2O4/c1-3-5-15-28-20-11-7-18(8-12-20)22(27)17-23(30-24(25)26)19-9-13-21(14-10-19)29-16-6-4-2/h7-14,17H,3-6,15-16H2,1-2H3/b23-17-. The zero-order valence-corrected chi connectivity index (χ0v) is 17.4. The van der Waals surface area contributed by atoms with E-state index in [0.717, 1.165) is 31.8 Å². The lowest BCUT2D eigenvalue weighted by atomic mass is 10.1. The number of allylic oxidation sites excluding steroid dienone is 1. The van der Waals surface area contributed by atoms with Crippen molar-refractivity contribution in [3.8, 4) is 11.5 Å². The van der Waals surface area contributed by atoms with Crippen molar-refractivity contribution < 1.29 is 27.6 Å². The predicted molar refractivity (Wildman–Crippen MR) is 115 cm³/mol. The minimum absolute atomic E-state index is 0.196. The van der Waals surface area contributed by atoms with E-state index in [2.05, 4.69) is 18.5 Å². The first kappa shape index (κ1) is 23.5. The lowest BCUT2D eigenvalue weighted by Crippen LogP contribution is -2.07. The van der Waals surface area contributed by atoms with Crippen LogP contribution in [0.3, 0.4) is 0 Å². The first-order chi connectivity index (χ1) is 14.5. The van der Waals surface area contributed by atoms with E-state index in [1.165, 1.54) is 0 Å². The summed E-state index contributed by atoms with van der Waals surface area (Å²) in [4.78, 5) is 12.6. The van der Waals surface area contributed by atoms with Gasteiger partial charge in [-0.2, -0.15) is 0 Å². The maximum atomic E-state index is 12.9. The molecule has 0 spiro atoms. The van der Waals surface area contributed by atoms with E-state index in [4.69, 9.17) is 9.47 Å². The Morgan fingerprint density at radius 3 is 1.73 bits per heavy atom. The van der Waals surface area contributed by atoms with Crippen LogP contribution in [0.15, 0.2) is 54.6 Å². The molecule has 0 aliphatic heterocycles. The average molecular weight is 416 g/mol. The summed E-state index contributed by atoms with van der Waals surface area (Å²) in [6, 6.07) is 13.1. The number of ether oxygens (including phenoxy) is 2. The molecule has 2 rings (SSSR count). The van der Waals surface area contributed by atoms with E-state index in [9.17, 15) is 13.4 Å². The van der Waals surface area contributed by atoms with Crippen LogP contribution in [0.25, 0.3) is 5.76 Å². The Kier molecular flexibility index (Phi) is 9.91. The van der Waals surface area contributed by atoms with Crippen LogP contribution in [-0.4, -0.2) is 26.5 Å². The molecule has 0 fully saturated rings. The molecule has 0 aromatic heterocycles. The molecule has 0 aliphatic rings. The molecule has 0 atom stereocenters. The van der Waals surface area contributed by atoms with Crippen LogP contribution in [0.1, 0.15) is 55.5 Å². The maximum absolute atomic E-state index is 12.9. The Bertz CT molecular complexity index is 805. The lowest BCUT2D eigenvalue weighted by molar-refractivity contribution is 0.104. The second-order valence-electron chi connectivity index (χ2n) is 6.70. The molecule has 7 heteroatoms. The molecule has 0 N–H and O–H groups in total. The molecule has 0 heterocycles. The van der Waals surface area contributed by atoms with Crippen molar-refractivity contribution in [2.45, 2.75) is 39.5 Å². The smallest absolute Gasteiger partial charge is 0.505 e. The maximum Gasteiger partial charge on any atom is 0.796 e. The minimum Gasteiger partial charge on any atom is -0.505 e. The second-order valence-corrected chi connectivity index (χ2v) is 6.70. The van der Waals surface area contributed by atoms with Gasteiger partial charge in [-0.15, -0.1) is 0 Å². The Morgan fingerprint density at radius 2 is 1.30 bits per heavy atom. The summed E-state index contributed by atoms with van der Waals surface area (Å²) in [6.45, 7) is 5.33. The number of carbonyl (C=O) groups is 1. The van der Waals surface area contributed by atoms with E-state index in [-0.39, 0.29) is 5.76 Å². The molecule has 4 nitrogen and oxygen atoms in total. The summed E-state index contributed by atoms with van der Waals surface area (Å²) in [6.07, 6.45) is 4.99. The number of ketones is 1. The highest BCUT2D eigenvalue weighted by atomic mass is 19.2. The van der Waals surface area contributed by atoms with Crippen molar-refractivity contribution >= 4 is 19.0 Å². The number of rotatable bonds is 13. The summed E-state index contributed by atoms with van der Waals surface area (Å²) < 4.78 is 41.5. The molecule has 0 amide bonds. The Balaban J connectivity index is 2.12. The monoisotopic (exact) mass is 416 g/mol. The number of halogens is 2. The quantitative estimate of drug-likeness (QED) is 0.128. The first-order valence-electron chi connectivity index (χ1n) is 10.2. The molecule has 0 bridgehead atoms. The minimum atomic E-state index is -3.04. The molecule has 30 heavy (non-hydrogen) atoms. The third kappa shape index (κ3) is 7.89. The van der Waals surface area contributed by atoms with Crippen LogP contribution in [-0.2, 0) is 4.65 Å². The zero-order valence-electron chi connectivity index (χ0n) is 17.4. The van der Waals surface area contributed by atoms with Crippen LogP contribution in [0.2, 0.25) is 0 Å². The van der Waals surface area contributed by atoms with Gasteiger partial charge in [-0.1, -0.05) is 26.7 Å². The molecular weight excluding hydrogens is 389 g/mol. The summed E-state index contributed by atoms with van der Waals surface area (Å²) in [5.74, 6) is 0.660. The molecular formula is C23H27BF2O4. The number of unbranched alkanes of at least 4 members (excludes halogenated alkanes) is 2. The molecule has 2 aromatic rings. The van der Waals surface area contributed by atoms with Gasteiger partial charge in [-0.3, -0.25) is 4.79 Å². The molecule has 0 saturated carbocycles. The highest BCUT2D eigenvalue weighted by Gasteiger charge is 2.21. The Hall–Kier alpha value is -2.83. The summed E-state index contributed by atoms with van der Waals surface area (Å²) in [5, 5.41) is 0. The SMILES string of the molecule is CCCCOc1ccc(C(=O)/C=C(\OB(F)F)c2ccc(OCCCC)cc2)cc1. The third-order valence-corrected chi connectivity index (χ3v) is 4.29. The normalized spacial score (nSPS) is 11.1. The molecule has 0 saturated heterocycles. The van der Waals surface area contributed by atoms with Crippen molar-refractivity contribution in [1.82, 2.24) is 0 Å². The number of benzene rings is 2. The van der Waals surface area contributed by atoms with Gasteiger partial charge in [-0.25, -0.2) is 8.63 Å². The van der Waals surface area contributed by atoms with Gasteiger partial charge in [0, 0.05) is 17.2 Å². The summed E-state index contributed by atoms with van der Waals surface area (Å²) in [7, 11) is -3.04. The van der Waals surface area contributed by atoms with Gasteiger partial charge in [0.25, 0.3) is 0 Å². The zero-order chi connectivity index (χ0) is 21.8. The van der Waals surface area contributed by atoms with Gasteiger partial charge < -0.3 is 14.1 Å².